The highest BCUT2D eigenvalue weighted by Crippen LogP contribution is 2.35. The molecule has 11 nitrogen and oxygen atoms in total. The molecule has 4 rings (SSSR count). The number of likely N-dealkylation sites (N-methyl/N-ethyl adjacent to an activating group) is 1. The minimum Gasteiger partial charge on any atom is -0.486 e. The second-order valence-corrected chi connectivity index (χ2v) is 12.1. The van der Waals surface area contributed by atoms with Crippen LogP contribution in [0.15, 0.2) is 66.0 Å². The van der Waals surface area contributed by atoms with E-state index in [1.54, 1.807) is 25.1 Å². The lowest BCUT2D eigenvalue weighted by atomic mass is 9.99. The molecule has 0 bridgehead atoms. The maximum Gasteiger partial charge on any atom is 0.275 e. The number of amides is 2. The highest BCUT2D eigenvalue weighted by molar-refractivity contribution is 7.89. The number of carbonyl (C=O) groups excluding carboxylic acids is 2. The van der Waals surface area contributed by atoms with Gasteiger partial charge in [-0.15, -0.1) is 0 Å². The molecule has 0 saturated heterocycles. The van der Waals surface area contributed by atoms with Crippen molar-refractivity contribution in [1.82, 2.24) is 19.2 Å². The summed E-state index contributed by atoms with van der Waals surface area (Å²) in [6, 6.07) is 10.1. The predicted octanol–water partition coefficient (Wildman–Crippen LogP) is 2.92. The Kier molecular flexibility index (Phi) is 9.04. The molecular weight excluding hydrogens is 558 g/mol. The van der Waals surface area contributed by atoms with E-state index in [-0.39, 0.29) is 59.1 Å². The predicted molar refractivity (Wildman–Crippen MR) is 149 cm³/mol. The van der Waals surface area contributed by atoms with Gasteiger partial charge in [-0.3, -0.25) is 14.6 Å². The minimum atomic E-state index is -3.90. The van der Waals surface area contributed by atoms with E-state index in [1.165, 1.54) is 59.1 Å². The van der Waals surface area contributed by atoms with Crippen molar-refractivity contribution in [2.24, 2.45) is 5.92 Å². The van der Waals surface area contributed by atoms with Crippen LogP contribution >= 0.6 is 11.6 Å². The van der Waals surface area contributed by atoms with E-state index in [9.17, 15) is 23.1 Å². The summed E-state index contributed by atoms with van der Waals surface area (Å²) in [6.45, 7) is 3.43. The number of para-hydroxylation sites is 1. The van der Waals surface area contributed by atoms with Crippen molar-refractivity contribution in [2.75, 3.05) is 32.1 Å². The molecule has 0 unspecified atom stereocenters. The Morgan fingerprint density at radius 3 is 2.62 bits per heavy atom. The largest absolute Gasteiger partial charge is 0.486 e. The van der Waals surface area contributed by atoms with Crippen molar-refractivity contribution in [1.29, 1.82) is 0 Å². The van der Waals surface area contributed by atoms with Gasteiger partial charge in [0.25, 0.3) is 11.8 Å². The zero-order valence-corrected chi connectivity index (χ0v) is 23.8. The van der Waals surface area contributed by atoms with E-state index >= 15 is 0 Å². The number of hydrogen-bond donors (Lipinski definition) is 2. The van der Waals surface area contributed by atoms with Gasteiger partial charge in [-0.1, -0.05) is 24.6 Å². The van der Waals surface area contributed by atoms with Gasteiger partial charge in [0.1, 0.15) is 11.8 Å². The summed E-state index contributed by atoms with van der Waals surface area (Å²) < 4.78 is 34.2. The van der Waals surface area contributed by atoms with Crippen LogP contribution in [0.25, 0.3) is 0 Å². The molecule has 0 radical (unpaired) electrons. The van der Waals surface area contributed by atoms with Crippen molar-refractivity contribution < 1.29 is 27.9 Å². The average molecular weight is 588 g/mol. The monoisotopic (exact) mass is 587 g/mol. The van der Waals surface area contributed by atoms with Crippen LogP contribution in [0, 0.1) is 5.92 Å². The van der Waals surface area contributed by atoms with Crippen molar-refractivity contribution in [3.05, 3.63) is 77.3 Å². The molecule has 0 spiro atoms. The number of benzene rings is 2. The second kappa shape index (κ2) is 12.3. The number of aliphatic hydroxyl groups is 1. The third kappa shape index (κ3) is 6.25. The van der Waals surface area contributed by atoms with Gasteiger partial charge in [0.2, 0.25) is 10.0 Å². The van der Waals surface area contributed by atoms with Crippen molar-refractivity contribution in [3.8, 4) is 5.75 Å². The number of halogens is 1. The summed E-state index contributed by atoms with van der Waals surface area (Å²) in [6.07, 6.45) is 3.39. The molecule has 13 heteroatoms. The number of fused-ring (bicyclic) bond motifs is 1. The Bertz CT molecular complexity index is 1470. The summed E-state index contributed by atoms with van der Waals surface area (Å²) in [5.74, 6) is -1.22. The van der Waals surface area contributed by atoms with Crippen molar-refractivity contribution in [2.45, 2.75) is 30.9 Å². The van der Waals surface area contributed by atoms with Gasteiger partial charge >= 0.3 is 0 Å². The topological polar surface area (TPSA) is 142 Å². The molecule has 2 aromatic carbocycles. The molecule has 212 valence electrons. The molecule has 0 aliphatic carbocycles. The summed E-state index contributed by atoms with van der Waals surface area (Å²) in [7, 11) is -2.45. The first-order chi connectivity index (χ1) is 19.0. The van der Waals surface area contributed by atoms with E-state index in [0.717, 1.165) is 0 Å². The quantitative estimate of drug-likeness (QED) is 0.410. The third-order valence-electron chi connectivity index (χ3n) is 6.69. The van der Waals surface area contributed by atoms with Gasteiger partial charge in [-0.05, 0) is 43.3 Å². The van der Waals surface area contributed by atoms with Gasteiger partial charge in [0, 0.05) is 36.9 Å². The lowest BCUT2D eigenvalue weighted by Crippen LogP contribution is -2.50. The summed E-state index contributed by atoms with van der Waals surface area (Å²) >= 11 is 5.93. The zero-order chi connectivity index (χ0) is 29.0. The summed E-state index contributed by atoms with van der Waals surface area (Å²) in [5, 5.41) is 13.0. The number of nitrogens with one attached hydrogen (secondary N) is 1. The van der Waals surface area contributed by atoms with Crippen LogP contribution < -0.4 is 10.1 Å². The first kappa shape index (κ1) is 29.4. The lowest BCUT2D eigenvalue weighted by molar-refractivity contribution is 0.0388. The molecule has 0 saturated carbocycles. The van der Waals surface area contributed by atoms with E-state index in [2.05, 4.69) is 15.3 Å². The van der Waals surface area contributed by atoms with E-state index < -0.39 is 28.1 Å². The number of rotatable bonds is 8. The first-order valence-corrected chi connectivity index (χ1v) is 14.4. The van der Waals surface area contributed by atoms with Gasteiger partial charge < -0.3 is 20.1 Å². The van der Waals surface area contributed by atoms with Gasteiger partial charge in [0.15, 0.2) is 5.75 Å². The van der Waals surface area contributed by atoms with E-state index in [0.29, 0.717) is 5.02 Å². The van der Waals surface area contributed by atoms with Crippen LogP contribution in [0.5, 0.6) is 5.75 Å². The lowest BCUT2D eigenvalue weighted by Gasteiger charge is -2.38. The zero-order valence-electron chi connectivity index (χ0n) is 22.2. The smallest absolute Gasteiger partial charge is 0.275 e. The number of carbonyl (C=O) groups is 2. The summed E-state index contributed by atoms with van der Waals surface area (Å²) in [4.78, 5) is 36.0. The van der Waals surface area contributed by atoms with Crippen LogP contribution in [0.3, 0.4) is 0 Å². The number of hydrogen-bond acceptors (Lipinski definition) is 8. The van der Waals surface area contributed by atoms with Gasteiger partial charge in [-0.25, -0.2) is 13.4 Å². The maximum atomic E-state index is 13.6. The minimum absolute atomic E-state index is 0.0616. The molecule has 40 heavy (non-hydrogen) atoms. The molecule has 3 atom stereocenters. The van der Waals surface area contributed by atoms with E-state index in [1.807, 2.05) is 6.92 Å². The third-order valence-corrected chi connectivity index (χ3v) is 8.78. The molecule has 2 N–H and O–H groups in total. The maximum absolute atomic E-state index is 13.6. The molecule has 3 aromatic rings. The Hall–Kier alpha value is -3.58. The molecule has 1 aliphatic rings. The summed E-state index contributed by atoms with van der Waals surface area (Å²) in [5.41, 5.74) is 0.435. The standard InChI is InChI=1S/C27H30ClN5O6S/c1-17-14-33(18(2)16-34)27(36)21-5-4-6-22(31-26(35)23-13-29-11-12-30-23)25(21)39-24(17)15-32(3)40(37,38)20-9-7-19(28)8-10-20/h4-13,17-18,24,34H,14-16H2,1-3H3,(H,31,35)/t17-,18+,24+/m0/s1. The van der Waals surface area contributed by atoms with E-state index in [4.69, 9.17) is 16.3 Å². The molecular formula is C27H30ClN5O6S. The molecule has 2 heterocycles. The fourth-order valence-electron chi connectivity index (χ4n) is 4.30. The van der Waals surface area contributed by atoms with Gasteiger partial charge in [-0.2, -0.15) is 4.31 Å². The normalized spacial score (nSPS) is 18.4. The van der Waals surface area contributed by atoms with Crippen LogP contribution in [0.2, 0.25) is 5.02 Å². The second-order valence-electron chi connectivity index (χ2n) is 9.59. The number of aliphatic hydroxyl groups excluding tert-OH is 1. The number of aromatic nitrogens is 2. The highest BCUT2D eigenvalue weighted by Gasteiger charge is 2.36. The fraction of sp³-hybridized carbons (Fsp3) is 0.333. The van der Waals surface area contributed by atoms with Crippen molar-refractivity contribution >= 4 is 39.1 Å². The Labute approximate surface area is 237 Å². The SMILES string of the molecule is C[C@H](CO)N1C[C@H](C)[C@@H](CN(C)S(=O)(=O)c2ccc(Cl)cc2)Oc2c(NC(=O)c3cnccn3)cccc2C1=O. The number of sulfonamides is 1. The first-order valence-electron chi connectivity index (χ1n) is 12.5. The molecule has 2 amide bonds. The molecule has 1 aliphatic heterocycles. The van der Waals surface area contributed by atoms with Crippen LogP contribution in [0.4, 0.5) is 5.69 Å². The van der Waals surface area contributed by atoms with Crippen LogP contribution in [-0.2, 0) is 10.0 Å². The molecule has 0 fully saturated rings. The Balaban J connectivity index is 1.72. The Morgan fingerprint density at radius 2 is 1.98 bits per heavy atom. The number of ether oxygens (including phenoxy) is 1. The highest BCUT2D eigenvalue weighted by atomic mass is 35.5. The van der Waals surface area contributed by atoms with Crippen LogP contribution in [-0.4, -0.2) is 83.4 Å². The fourth-order valence-corrected chi connectivity index (χ4v) is 5.61. The number of anilines is 1. The van der Waals surface area contributed by atoms with Crippen molar-refractivity contribution in [3.63, 3.8) is 0 Å². The Morgan fingerprint density at radius 1 is 1.25 bits per heavy atom. The molecule has 1 aromatic heterocycles. The average Bonchev–Trinajstić information content (AvgIpc) is 2.95. The number of nitrogens with zero attached hydrogens (tertiary/aromatic N) is 4. The van der Waals surface area contributed by atoms with Crippen LogP contribution in [0.1, 0.15) is 34.7 Å². The van der Waals surface area contributed by atoms with Gasteiger partial charge in [0.05, 0.1) is 41.5 Å².